The van der Waals surface area contributed by atoms with Crippen molar-refractivity contribution in [2.24, 2.45) is 7.05 Å². The van der Waals surface area contributed by atoms with Gasteiger partial charge in [-0.25, -0.2) is 13.5 Å². The van der Waals surface area contributed by atoms with Gasteiger partial charge in [0.2, 0.25) is 6.41 Å². The quantitative estimate of drug-likeness (QED) is 0.187. The molecule has 1 amide bonds. The fourth-order valence-corrected chi connectivity index (χ4v) is 4.32. The van der Waals surface area contributed by atoms with Gasteiger partial charge in [-0.3, -0.25) is 9.48 Å². The van der Waals surface area contributed by atoms with Crippen molar-refractivity contribution in [2.75, 3.05) is 39.5 Å². The monoisotopic (exact) mass is 580 g/mol. The number of likely N-dealkylation sites (tertiary alicyclic amines) is 1. The van der Waals surface area contributed by atoms with Crippen molar-refractivity contribution in [1.29, 1.82) is 0 Å². The first kappa shape index (κ1) is 35.5. The first-order valence-electron chi connectivity index (χ1n) is 13.7. The highest BCUT2D eigenvalue weighted by molar-refractivity contribution is 5.69. The zero-order valence-corrected chi connectivity index (χ0v) is 25.7. The average molecular weight is 581 g/mol. The summed E-state index contributed by atoms with van der Waals surface area (Å²) in [6.07, 6.45) is 13.7. The molecule has 8 nitrogen and oxygen atoms in total. The fourth-order valence-electron chi connectivity index (χ4n) is 4.32. The summed E-state index contributed by atoms with van der Waals surface area (Å²) < 4.78 is 28.6. The number of aryl methyl sites for hydroxylation is 1. The number of quaternary nitrogens is 1. The summed E-state index contributed by atoms with van der Waals surface area (Å²) >= 11 is 0. The molecule has 1 atom stereocenters. The van der Waals surface area contributed by atoms with Crippen LogP contribution in [0.2, 0.25) is 0 Å². The molecule has 2 aromatic carbocycles. The van der Waals surface area contributed by atoms with Gasteiger partial charge in [-0.2, -0.15) is 10.2 Å². The Bertz CT molecular complexity index is 1340. The number of hydrogen-bond donors (Lipinski definition) is 2. The minimum absolute atomic E-state index is 0.410. The summed E-state index contributed by atoms with van der Waals surface area (Å²) in [4.78, 5) is 10.1. The number of halogens is 2. The van der Waals surface area contributed by atoms with Crippen LogP contribution >= 0.6 is 0 Å². The minimum atomic E-state index is -0.799. The highest BCUT2D eigenvalue weighted by Gasteiger charge is 2.29. The van der Waals surface area contributed by atoms with Crippen molar-refractivity contribution in [2.45, 2.75) is 33.2 Å². The van der Waals surface area contributed by atoms with E-state index in [-0.39, 0.29) is 0 Å². The summed E-state index contributed by atoms with van der Waals surface area (Å²) in [5.41, 5.74) is 4.13. The molecule has 3 heterocycles. The molecule has 42 heavy (non-hydrogen) atoms. The lowest BCUT2D eigenvalue weighted by Crippen LogP contribution is -2.40. The van der Waals surface area contributed by atoms with Crippen LogP contribution in [0.25, 0.3) is 16.9 Å². The summed E-state index contributed by atoms with van der Waals surface area (Å²) in [7, 11) is 8.20. The topological polar surface area (TPSA) is 76.8 Å². The Morgan fingerprint density at radius 1 is 1.02 bits per heavy atom. The molecule has 0 spiro atoms. The first-order chi connectivity index (χ1) is 20.1. The van der Waals surface area contributed by atoms with Crippen molar-refractivity contribution >= 4 is 12.2 Å². The maximum atomic E-state index is 11.9. The second kappa shape index (κ2) is 18.0. The largest absolute Gasteiger partial charge is 0.373 e. The third kappa shape index (κ3) is 10.5. The van der Waals surface area contributed by atoms with Gasteiger partial charge in [0.1, 0.15) is 11.5 Å². The number of nitrogens with zero attached hydrogens (tertiary/aromatic N) is 5. The van der Waals surface area contributed by atoms with E-state index in [1.165, 1.54) is 18.7 Å². The second-order valence-electron chi connectivity index (χ2n) is 9.75. The Kier molecular flexibility index (Phi) is 15.3. The first-order valence-corrected chi connectivity index (χ1v) is 13.7. The predicted octanol–water partition coefficient (Wildman–Crippen LogP) is 5.44. The smallest absolute Gasteiger partial charge is 0.207 e. The molecule has 0 bridgehead atoms. The van der Waals surface area contributed by atoms with Gasteiger partial charge in [-0.15, -0.1) is 12.8 Å². The number of carbonyl (C=O) groups excluding carboxylic acids is 1. The number of carbonyl (C=O) groups is 1. The number of terminal acetylenes is 1. The van der Waals surface area contributed by atoms with Crippen LogP contribution in [-0.2, 0) is 11.8 Å². The summed E-state index contributed by atoms with van der Waals surface area (Å²) in [5, 5.41) is 15.0. The van der Waals surface area contributed by atoms with E-state index in [9.17, 15) is 13.6 Å². The Labute approximate surface area is 249 Å². The zero-order chi connectivity index (χ0) is 31.7. The molecule has 226 valence electrons. The van der Waals surface area contributed by atoms with Crippen molar-refractivity contribution in [1.82, 2.24) is 24.9 Å². The van der Waals surface area contributed by atoms with Crippen LogP contribution in [0.4, 0.5) is 14.6 Å². The number of hydrogen-bond acceptors (Lipinski definition) is 4. The number of nitrogens with one attached hydrogen (secondary N) is 2. The molecule has 1 fully saturated rings. The van der Waals surface area contributed by atoms with E-state index in [0.717, 1.165) is 64.3 Å². The Morgan fingerprint density at radius 2 is 1.60 bits per heavy atom. The molecule has 10 heteroatoms. The van der Waals surface area contributed by atoms with E-state index >= 15 is 0 Å². The number of benzene rings is 2. The molecular weight excluding hydrogens is 536 g/mol. The highest BCUT2D eigenvalue weighted by Crippen LogP contribution is 2.29. The van der Waals surface area contributed by atoms with Gasteiger partial charge < -0.3 is 15.1 Å². The second-order valence-corrected chi connectivity index (χ2v) is 9.75. The molecule has 4 aromatic rings. The van der Waals surface area contributed by atoms with Gasteiger partial charge >= 0.3 is 0 Å². The lowest BCUT2D eigenvalue weighted by atomic mass is 10.1. The van der Waals surface area contributed by atoms with Crippen LogP contribution in [0.5, 0.6) is 0 Å². The van der Waals surface area contributed by atoms with Crippen LogP contribution in [0.3, 0.4) is 0 Å². The molecular formula is C32H44F2N7O+. The van der Waals surface area contributed by atoms with E-state index in [4.69, 9.17) is 5.10 Å². The predicted molar refractivity (Wildman–Crippen MR) is 167 cm³/mol. The summed E-state index contributed by atoms with van der Waals surface area (Å²) in [5.74, 6) is -0.602. The van der Waals surface area contributed by atoms with Gasteiger partial charge in [-0.1, -0.05) is 44.2 Å². The van der Waals surface area contributed by atoms with Crippen molar-refractivity contribution in [3.8, 4) is 29.8 Å². The molecule has 0 radical (unpaired) electrons. The Hall–Kier alpha value is -4.49. The molecule has 5 rings (SSSR count). The van der Waals surface area contributed by atoms with Gasteiger partial charge in [0, 0.05) is 37.8 Å². The summed E-state index contributed by atoms with van der Waals surface area (Å²) in [6.45, 7) is 8.31. The number of para-hydroxylation sites is 1. The molecule has 1 aliphatic rings. The number of aromatic nitrogens is 4. The maximum absolute atomic E-state index is 11.9. The van der Waals surface area contributed by atoms with E-state index in [0.29, 0.717) is 6.04 Å². The molecule has 2 N–H and O–H groups in total. The minimum Gasteiger partial charge on any atom is -0.373 e. The maximum Gasteiger partial charge on any atom is 0.207 e. The molecule has 1 aliphatic heterocycles. The van der Waals surface area contributed by atoms with E-state index in [2.05, 4.69) is 49.6 Å². The van der Waals surface area contributed by atoms with Crippen LogP contribution in [0.1, 0.15) is 25.8 Å². The lowest BCUT2D eigenvalue weighted by Gasteiger charge is -2.22. The molecule has 1 saturated heterocycles. The molecule has 2 aromatic heterocycles. The van der Waals surface area contributed by atoms with Gasteiger partial charge in [0.05, 0.1) is 45.1 Å². The molecule has 0 saturated carbocycles. The third-order valence-corrected chi connectivity index (χ3v) is 6.26. The normalized spacial score (nSPS) is 14.2. The zero-order valence-electron chi connectivity index (χ0n) is 25.7. The SMILES string of the molecule is C#C.CC.CNc1c(C)c(-c2cnn(C)c2)nn1-c1ccccc1.C[N+]1(C)CC[C@H](NC=O)C1.Fc1ccccc1F. The van der Waals surface area contributed by atoms with Gasteiger partial charge in [0.15, 0.2) is 11.6 Å². The van der Waals surface area contributed by atoms with Gasteiger partial charge in [0.25, 0.3) is 0 Å². The van der Waals surface area contributed by atoms with Gasteiger partial charge in [-0.05, 0) is 31.2 Å². The third-order valence-electron chi connectivity index (χ3n) is 6.26. The summed E-state index contributed by atoms with van der Waals surface area (Å²) in [6, 6.07) is 15.6. The number of rotatable bonds is 5. The molecule has 0 aliphatic carbocycles. The Morgan fingerprint density at radius 3 is 2.02 bits per heavy atom. The van der Waals surface area contributed by atoms with Crippen LogP contribution < -0.4 is 10.6 Å². The van der Waals surface area contributed by atoms with Crippen LogP contribution in [0, 0.1) is 31.4 Å². The fraction of sp³-hybridized carbons (Fsp3) is 0.344. The number of likely N-dealkylation sites (N-methyl/N-ethyl adjacent to an activating group) is 1. The van der Waals surface area contributed by atoms with Crippen LogP contribution in [-0.4, -0.2) is 70.7 Å². The standard InChI is InChI=1S/C15H17N5.C7H14N2O.C6H4F2.C2H6.C2H2/c1-11-14(12-9-17-19(3)10-12)18-20(15(11)16-2)13-7-5-4-6-8-13;1-9(2)4-3-7(5-9)8-6-10;7-5-3-1-2-4-6(5)8;2*1-2/h4-10,16H,1-3H3;6-7H,3-5H2,1-2H3;1-4H;1-2H3;1-2H/p+1/t;7-;;;/m.0.../s1. The van der Waals surface area contributed by atoms with E-state index < -0.39 is 11.6 Å². The van der Waals surface area contributed by atoms with Crippen molar-refractivity contribution in [3.05, 3.63) is 84.2 Å². The molecule has 0 unspecified atom stereocenters. The van der Waals surface area contributed by atoms with E-state index in [1.807, 2.05) is 75.4 Å². The lowest BCUT2D eigenvalue weighted by molar-refractivity contribution is -0.878. The van der Waals surface area contributed by atoms with E-state index in [1.54, 1.807) is 4.68 Å². The highest BCUT2D eigenvalue weighted by atomic mass is 19.2. The van der Waals surface area contributed by atoms with Crippen molar-refractivity contribution in [3.63, 3.8) is 0 Å². The van der Waals surface area contributed by atoms with Crippen LogP contribution in [0.15, 0.2) is 67.0 Å². The Balaban J connectivity index is 0.000000336. The number of anilines is 1. The number of amides is 1. The van der Waals surface area contributed by atoms with Crippen molar-refractivity contribution < 1.29 is 18.1 Å². The average Bonchev–Trinajstić information content (AvgIpc) is 3.69.